The molecule has 2 atom stereocenters. The zero-order chi connectivity index (χ0) is 23.9. The minimum absolute atomic E-state index is 0.228. The molecule has 0 saturated heterocycles. The van der Waals surface area contributed by atoms with Gasteiger partial charge in [-0.15, -0.1) is 0 Å². The molecule has 3 heterocycles. The summed E-state index contributed by atoms with van der Waals surface area (Å²) in [6, 6.07) is 9.14. The molecule has 0 spiro atoms. The van der Waals surface area contributed by atoms with Gasteiger partial charge in [0, 0.05) is 0 Å². The average Bonchev–Trinajstić information content (AvgIpc) is 3.08. The molecule has 1 N–H and O–H groups in total. The second-order valence-electron chi connectivity index (χ2n) is 10.1. The van der Waals surface area contributed by atoms with Crippen LogP contribution in [0, 0.1) is 24.1 Å². The molecule has 1 aliphatic carbocycles. The Bertz CT molecular complexity index is 1260. The predicted octanol–water partition coefficient (Wildman–Crippen LogP) is 3.95. The summed E-state index contributed by atoms with van der Waals surface area (Å²) in [5, 5.41) is 3.52. The number of nitrogens with zero attached hydrogens (tertiary/aromatic N) is 2. The summed E-state index contributed by atoms with van der Waals surface area (Å²) >= 11 is -0.615. The quantitative estimate of drug-likeness (QED) is 0.287. The molecule has 0 amide bonds. The van der Waals surface area contributed by atoms with Crippen molar-refractivity contribution in [1.29, 1.82) is 0 Å². The normalized spacial score (nSPS) is 22.3. The molecule has 4 bridgehead atoms. The molecule has 1 aliphatic heterocycles. The Morgan fingerprint density at radius 1 is 1.29 bits per heavy atom. The molecular weight excluding hydrogens is 540 g/mol. The number of alkyl halides is 1. The fourth-order valence-corrected chi connectivity index (χ4v) is 7.70. The topological polar surface area (TPSA) is 38.6 Å². The summed E-state index contributed by atoms with van der Waals surface area (Å²) in [6.07, 6.45) is 10.7. The maximum absolute atomic E-state index is 15.0. The van der Waals surface area contributed by atoms with E-state index in [2.05, 4.69) is 37.9 Å². The van der Waals surface area contributed by atoms with Gasteiger partial charge in [-0.3, -0.25) is 0 Å². The number of benzene rings is 1. The van der Waals surface area contributed by atoms with Crippen LogP contribution < -0.4 is 30.0 Å². The van der Waals surface area contributed by atoms with Crippen molar-refractivity contribution < 1.29 is 29.1 Å². The third-order valence-corrected chi connectivity index (χ3v) is 10.0. The van der Waals surface area contributed by atoms with Crippen LogP contribution in [0.2, 0.25) is 0 Å². The van der Waals surface area contributed by atoms with Crippen molar-refractivity contribution in [3.63, 3.8) is 0 Å². The van der Waals surface area contributed by atoms with E-state index in [1.165, 1.54) is 11.6 Å². The summed E-state index contributed by atoms with van der Waals surface area (Å²) in [6.45, 7) is 11.6. The van der Waals surface area contributed by atoms with Gasteiger partial charge in [-0.1, -0.05) is 0 Å². The van der Waals surface area contributed by atoms with Crippen molar-refractivity contribution in [2.75, 3.05) is 11.9 Å². The van der Waals surface area contributed by atoms with Crippen molar-refractivity contribution in [2.24, 2.45) is 11.3 Å². The molecule has 6 heteroatoms. The van der Waals surface area contributed by atoms with Crippen LogP contribution in [0.15, 0.2) is 60.8 Å². The summed E-state index contributed by atoms with van der Waals surface area (Å²) in [5.41, 5.74) is 4.82. The van der Waals surface area contributed by atoms with Gasteiger partial charge in [0.2, 0.25) is 0 Å². The summed E-state index contributed by atoms with van der Waals surface area (Å²) in [4.78, 5) is 4.86. The molecule has 34 heavy (non-hydrogen) atoms. The fraction of sp³-hybridized carbons (Fsp3) is 0.393. The third kappa shape index (κ3) is 4.49. The molecular formula is C28H32FIN3O-. The number of hydrogen-bond donors (Lipinski definition) is 1. The van der Waals surface area contributed by atoms with Crippen LogP contribution in [-0.4, -0.2) is 19.9 Å². The molecule has 0 radical (unpaired) electrons. The standard InChI is InChI=1S/C28H32FIN3O/c1-5-6-20-16-25-19(9-12-28(20,3)4)10-13-31-26-11-14-33-18(2)15-23(27(33)32-26)22-17-21(34-30-25)7-8-24(22)29/h5,7-9,11,14-15,17,20,25H,1,6,10,12-13,16H2,2-4H3,(H,31,32)/q-1/t20?,25-/m1/s1. The second kappa shape index (κ2) is 9.36. The molecule has 1 unspecified atom stereocenters. The summed E-state index contributed by atoms with van der Waals surface area (Å²) in [5.74, 6) is 1.88. The van der Waals surface area contributed by atoms with Crippen LogP contribution >= 0.6 is 0 Å². The van der Waals surface area contributed by atoms with E-state index in [0.717, 1.165) is 60.7 Å². The van der Waals surface area contributed by atoms with Crippen molar-refractivity contribution in [2.45, 2.75) is 50.4 Å². The molecule has 3 aromatic rings. The number of fused-ring (bicyclic) bond motifs is 5. The Labute approximate surface area is 212 Å². The first-order valence-electron chi connectivity index (χ1n) is 12.0. The molecule has 2 aromatic heterocycles. The van der Waals surface area contributed by atoms with Crippen molar-refractivity contribution >= 4 is 11.5 Å². The van der Waals surface area contributed by atoms with Gasteiger partial charge in [-0.05, 0) is 0 Å². The number of hydrogen-bond acceptors (Lipinski definition) is 3. The van der Waals surface area contributed by atoms with Gasteiger partial charge in [0.15, 0.2) is 0 Å². The van der Waals surface area contributed by atoms with Crippen LogP contribution in [0.5, 0.6) is 5.75 Å². The van der Waals surface area contributed by atoms with Crippen LogP contribution in [0.1, 0.15) is 45.2 Å². The third-order valence-electron chi connectivity index (χ3n) is 7.34. The van der Waals surface area contributed by atoms with E-state index in [9.17, 15) is 0 Å². The second-order valence-corrected chi connectivity index (χ2v) is 12.5. The molecule has 2 aliphatic rings. The summed E-state index contributed by atoms with van der Waals surface area (Å²) < 4.78 is 23.9. The number of aryl methyl sites for hydroxylation is 1. The number of allylic oxidation sites excluding steroid dienone is 2. The van der Waals surface area contributed by atoms with Crippen LogP contribution in [0.4, 0.5) is 10.2 Å². The minimum atomic E-state index is -0.615. The molecule has 4 nitrogen and oxygen atoms in total. The van der Waals surface area contributed by atoms with Crippen molar-refractivity contribution in [3.8, 4) is 16.9 Å². The first kappa shape index (κ1) is 23.4. The van der Waals surface area contributed by atoms with Crippen LogP contribution in [0.3, 0.4) is 0 Å². The number of nitrogens with one attached hydrogen (secondary N) is 1. The first-order valence-corrected chi connectivity index (χ1v) is 14.1. The SMILES string of the molecule is C=CCC1C[C@H]2[I-]Oc3ccc(F)c(c3)-c3cc(C)n4ccc(nc34)NCCC2=CCC1(C)C. The van der Waals surface area contributed by atoms with Gasteiger partial charge in [-0.25, -0.2) is 0 Å². The van der Waals surface area contributed by atoms with Gasteiger partial charge >= 0.3 is 213 Å². The molecule has 5 rings (SSSR count). The Hall–Kier alpha value is -2.35. The van der Waals surface area contributed by atoms with Gasteiger partial charge in [-0.2, -0.15) is 0 Å². The van der Waals surface area contributed by atoms with Gasteiger partial charge in [0.05, 0.1) is 0 Å². The average molecular weight is 572 g/mol. The van der Waals surface area contributed by atoms with Gasteiger partial charge < -0.3 is 0 Å². The molecule has 1 aromatic carbocycles. The Morgan fingerprint density at radius 2 is 2.15 bits per heavy atom. The van der Waals surface area contributed by atoms with E-state index >= 15 is 4.39 Å². The molecule has 180 valence electrons. The first-order chi connectivity index (χ1) is 16.4. The van der Waals surface area contributed by atoms with Crippen LogP contribution in [0.25, 0.3) is 16.8 Å². The molecule has 0 fully saturated rings. The summed E-state index contributed by atoms with van der Waals surface area (Å²) in [7, 11) is 0. The van der Waals surface area contributed by atoms with E-state index in [0.29, 0.717) is 15.4 Å². The zero-order valence-electron chi connectivity index (χ0n) is 20.1. The Balaban J connectivity index is 1.57. The van der Waals surface area contributed by atoms with E-state index in [4.69, 9.17) is 8.05 Å². The van der Waals surface area contributed by atoms with E-state index in [-0.39, 0.29) is 11.2 Å². The Morgan fingerprint density at radius 3 is 2.97 bits per heavy atom. The van der Waals surface area contributed by atoms with Crippen molar-refractivity contribution in [3.05, 3.63) is 72.3 Å². The number of halogens is 2. The number of aromatic nitrogens is 2. The van der Waals surface area contributed by atoms with Crippen molar-refractivity contribution in [1.82, 2.24) is 9.38 Å². The fourth-order valence-electron chi connectivity index (χ4n) is 5.11. The van der Waals surface area contributed by atoms with E-state index in [1.807, 2.05) is 35.7 Å². The van der Waals surface area contributed by atoms with Gasteiger partial charge in [0.1, 0.15) is 0 Å². The van der Waals surface area contributed by atoms with Crippen LogP contribution in [-0.2, 0) is 0 Å². The number of anilines is 1. The van der Waals surface area contributed by atoms with Gasteiger partial charge in [0.25, 0.3) is 0 Å². The maximum atomic E-state index is 15.0. The number of rotatable bonds is 2. The zero-order valence-corrected chi connectivity index (χ0v) is 22.2. The molecule has 0 saturated carbocycles. The van der Waals surface area contributed by atoms with E-state index < -0.39 is 21.6 Å². The predicted molar refractivity (Wildman–Crippen MR) is 132 cm³/mol. The van der Waals surface area contributed by atoms with E-state index in [1.54, 1.807) is 6.07 Å². The Kier molecular flexibility index (Phi) is 6.44. The monoisotopic (exact) mass is 572 g/mol.